The van der Waals surface area contributed by atoms with E-state index in [9.17, 15) is 4.79 Å². The number of carbonyl (C=O) groups excluding carboxylic acids is 1. The molecule has 5 heteroatoms. The van der Waals surface area contributed by atoms with E-state index in [4.69, 9.17) is 0 Å². The molecular formula is C9H6BrN3O. The van der Waals surface area contributed by atoms with E-state index in [1.54, 1.807) is 0 Å². The molecule has 1 heterocycles. The Balaban J connectivity index is 2.54. The Morgan fingerprint density at radius 2 is 2.29 bits per heavy atom. The molecule has 0 aliphatic rings. The Labute approximate surface area is 88.7 Å². The normalized spacial score (nSPS) is 10.1. The van der Waals surface area contributed by atoms with E-state index in [1.165, 1.54) is 10.9 Å². The van der Waals surface area contributed by atoms with Crippen molar-refractivity contribution in [1.82, 2.24) is 15.0 Å². The first-order valence-electron chi connectivity index (χ1n) is 3.93. The highest BCUT2D eigenvalue weighted by atomic mass is 79.9. The number of halogens is 1. The summed E-state index contributed by atoms with van der Waals surface area (Å²) in [5.41, 5.74) is 1.24. The summed E-state index contributed by atoms with van der Waals surface area (Å²) in [4.78, 5) is 10.6. The van der Waals surface area contributed by atoms with Crippen LogP contribution in [0.15, 0.2) is 34.9 Å². The number of aromatic nitrogens is 3. The van der Waals surface area contributed by atoms with Crippen LogP contribution < -0.4 is 0 Å². The minimum atomic E-state index is 0.433. The summed E-state index contributed by atoms with van der Waals surface area (Å²) in [6.45, 7) is 0. The minimum absolute atomic E-state index is 0.433. The summed E-state index contributed by atoms with van der Waals surface area (Å²) in [5.74, 6) is 0. The average molecular weight is 252 g/mol. The summed E-state index contributed by atoms with van der Waals surface area (Å²) in [5, 5.41) is 7.48. The maximum Gasteiger partial charge on any atom is 0.170 e. The number of benzene rings is 1. The van der Waals surface area contributed by atoms with Gasteiger partial charge in [-0.05, 0) is 18.2 Å². The van der Waals surface area contributed by atoms with Gasteiger partial charge in [0.2, 0.25) is 0 Å². The van der Waals surface area contributed by atoms with Gasteiger partial charge < -0.3 is 0 Å². The SMILES string of the molecule is O=Cc1cnnn1-c1cccc(Br)c1. The van der Waals surface area contributed by atoms with E-state index in [1.807, 2.05) is 24.3 Å². The van der Waals surface area contributed by atoms with Crippen LogP contribution >= 0.6 is 15.9 Å². The van der Waals surface area contributed by atoms with Crippen molar-refractivity contribution in [3.05, 3.63) is 40.6 Å². The fraction of sp³-hybridized carbons (Fsp3) is 0. The highest BCUT2D eigenvalue weighted by Gasteiger charge is 2.04. The van der Waals surface area contributed by atoms with Crippen molar-refractivity contribution in [3.8, 4) is 5.69 Å². The molecule has 0 bridgehead atoms. The van der Waals surface area contributed by atoms with Gasteiger partial charge in [0.25, 0.3) is 0 Å². The van der Waals surface area contributed by atoms with Gasteiger partial charge in [-0.25, -0.2) is 4.68 Å². The van der Waals surface area contributed by atoms with Crippen LogP contribution in [0, 0.1) is 0 Å². The molecule has 0 radical (unpaired) electrons. The quantitative estimate of drug-likeness (QED) is 0.766. The molecule has 0 aliphatic carbocycles. The van der Waals surface area contributed by atoms with E-state index in [0.717, 1.165) is 16.4 Å². The standard InChI is InChI=1S/C9H6BrN3O/c10-7-2-1-3-8(4-7)13-9(6-14)5-11-12-13/h1-6H. The minimum Gasteiger partial charge on any atom is -0.296 e. The van der Waals surface area contributed by atoms with Crippen molar-refractivity contribution in [2.75, 3.05) is 0 Å². The Bertz CT molecular complexity index is 467. The molecule has 0 amide bonds. The summed E-state index contributed by atoms with van der Waals surface area (Å²) >= 11 is 3.34. The molecule has 0 spiro atoms. The Kier molecular flexibility index (Phi) is 2.41. The average Bonchev–Trinajstić information content (AvgIpc) is 2.65. The highest BCUT2D eigenvalue weighted by molar-refractivity contribution is 9.10. The first-order valence-corrected chi connectivity index (χ1v) is 4.72. The van der Waals surface area contributed by atoms with Crippen molar-refractivity contribution in [2.45, 2.75) is 0 Å². The van der Waals surface area contributed by atoms with Gasteiger partial charge in [-0.1, -0.05) is 27.2 Å². The second-order valence-electron chi connectivity index (χ2n) is 2.67. The smallest absolute Gasteiger partial charge is 0.170 e. The van der Waals surface area contributed by atoms with E-state index < -0.39 is 0 Å². The Hall–Kier alpha value is -1.49. The third-order valence-corrected chi connectivity index (χ3v) is 2.24. The summed E-state index contributed by atoms with van der Waals surface area (Å²) < 4.78 is 2.42. The molecule has 0 saturated carbocycles. The van der Waals surface area contributed by atoms with Crippen molar-refractivity contribution in [3.63, 3.8) is 0 Å². The lowest BCUT2D eigenvalue weighted by Crippen LogP contribution is -2.00. The zero-order chi connectivity index (χ0) is 9.97. The zero-order valence-corrected chi connectivity index (χ0v) is 8.68. The van der Waals surface area contributed by atoms with Crippen LogP contribution in [0.5, 0.6) is 0 Å². The first kappa shape index (κ1) is 9.08. The van der Waals surface area contributed by atoms with Crippen molar-refractivity contribution < 1.29 is 4.79 Å². The molecule has 1 aromatic carbocycles. The van der Waals surface area contributed by atoms with E-state index in [-0.39, 0.29) is 0 Å². The summed E-state index contributed by atoms with van der Waals surface area (Å²) in [6.07, 6.45) is 2.15. The van der Waals surface area contributed by atoms with Gasteiger partial charge >= 0.3 is 0 Å². The lowest BCUT2D eigenvalue weighted by molar-refractivity contribution is 0.111. The second-order valence-corrected chi connectivity index (χ2v) is 3.58. The van der Waals surface area contributed by atoms with Crippen LogP contribution in [0.4, 0.5) is 0 Å². The van der Waals surface area contributed by atoms with E-state index in [0.29, 0.717) is 5.69 Å². The molecule has 0 aliphatic heterocycles. The molecule has 0 atom stereocenters. The van der Waals surface area contributed by atoms with E-state index in [2.05, 4.69) is 26.2 Å². The lowest BCUT2D eigenvalue weighted by Gasteiger charge is -2.01. The number of hydrogen-bond acceptors (Lipinski definition) is 3. The van der Waals surface area contributed by atoms with Gasteiger partial charge in [-0.2, -0.15) is 0 Å². The maximum atomic E-state index is 10.6. The van der Waals surface area contributed by atoms with Crippen molar-refractivity contribution in [1.29, 1.82) is 0 Å². The third kappa shape index (κ3) is 1.58. The molecular weight excluding hydrogens is 246 g/mol. The molecule has 2 rings (SSSR count). The number of hydrogen-bond donors (Lipinski definition) is 0. The fourth-order valence-corrected chi connectivity index (χ4v) is 1.52. The summed E-state index contributed by atoms with van der Waals surface area (Å²) in [7, 11) is 0. The van der Waals surface area contributed by atoms with E-state index >= 15 is 0 Å². The van der Waals surface area contributed by atoms with Crippen LogP contribution in [0.3, 0.4) is 0 Å². The van der Waals surface area contributed by atoms with Crippen LogP contribution in [-0.2, 0) is 0 Å². The van der Waals surface area contributed by atoms with Crippen LogP contribution in [0.1, 0.15) is 10.5 Å². The molecule has 4 nitrogen and oxygen atoms in total. The van der Waals surface area contributed by atoms with Gasteiger partial charge in [0.15, 0.2) is 6.29 Å². The predicted octanol–water partition coefficient (Wildman–Crippen LogP) is 1.84. The Morgan fingerprint density at radius 1 is 1.43 bits per heavy atom. The number of nitrogens with zero attached hydrogens (tertiary/aromatic N) is 3. The molecule has 0 saturated heterocycles. The molecule has 14 heavy (non-hydrogen) atoms. The van der Waals surface area contributed by atoms with Crippen molar-refractivity contribution >= 4 is 22.2 Å². The third-order valence-electron chi connectivity index (χ3n) is 1.75. The van der Waals surface area contributed by atoms with Crippen LogP contribution in [0.2, 0.25) is 0 Å². The van der Waals surface area contributed by atoms with Gasteiger partial charge in [-0.15, -0.1) is 5.10 Å². The zero-order valence-electron chi connectivity index (χ0n) is 7.09. The molecule has 70 valence electrons. The molecule has 2 aromatic rings. The van der Waals surface area contributed by atoms with Crippen molar-refractivity contribution in [2.24, 2.45) is 0 Å². The van der Waals surface area contributed by atoms with Gasteiger partial charge in [0.1, 0.15) is 5.69 Å². The van der Waals surface area contributed by atoms with Gasteiger partial charge in [-0.3, -0.25) is 4.79 Å². The topological polar surface area (TPSA) is 47.8 Å². The monoisotopic (exact) mass is 251 g/mol. The fourth-order valence-electron chi connectivity index (χ4n) is 1.13. The van der Waals surface area contributed by atoms with Gasteiger partial charge in [0.05, 0.1) is 11.9 Å². The molecule has 1 aromatic heterocycles. The molecule has 0 N–H and O–H groups in total. The van der Waals surface area contributed by atoms with Crippen LogP contribution in [0.25, 0.3) is 5.69 Å². The number of carbonyl (C=O) groups is 1. The largest absolute Gasteiger partial charge is 0.296 e. The summed E-state index contributed by atoms with van der Waals surface area (Å²) in [6, 6.07) is 7.49. The predicted molar refractivity (Wildman–Crippen MR) is 54.4 cm³/mol. The lowest BCUT2D eigenvalue weighted by atomic mass is 10.3. The highest BCUT2D eigenvalue weighted by Crippen LogP contribution is 2.15. The number of rotatable bonds is 2. The molecule has 0 fully saturated rings. The van der Waals surface area contributed by atoms with Crippen LogP contribution in [-0.4, -0.2) is 21.3 Å². The number of aldehydes is 1. The molecule has 0 unspecified atom stereocenters. The van der Waals surface area contributed by atoms with Gasteiger partial charge in [0, 0.05) is 4.47 Å². The first-order chi connectivity index (χ1) is 6.81. The Morgan fingerprint density at radius 3 is 3.00 bits per heavy atom. The second kappa shape index (κ2) is 3.71. The maximum absolute atomic E-state index is 10.6.